The number of para-hydroxylation sites is 1. The van der Waals surface area contributed by atoms with E-state index in [-0.39, 0.29) is 23.7 Å². The van der Waals surface area contributed by atoms with Gasteiger partial charge in [0, 0.05) is 31.9 Å². The van der Waals surface area contributed by atoms with Crippen molar-refractivity contribution >= 4 is 17.6 Å². The lowest BCUT2D eigenvalue weighted by atomic mass is 9.97. The van der Waals surface area contributed by atoms with Crippen LogP contribution in [0.5, 0.6) is 0 Å². The van der Waals surface area contributed by atoms with Gasteiger partial charge in [0.2, 0.25) is 5.91 Å². The number of rotatable bonds is 7. The van der Waals surface area contributed by atoms with Crippen molar-refractivity contribution in [3.8, 4) is 0 Å². The average molecular weight is 413 g/mol. The summed E-state index contributed by atoms with van der Waals surface area (Å²) in [5.74, 6) is -0.690. The van der Waals surface area contributed by atoms with Crippen LogP contribution in [-0.2, 0) is 17.9 Å². The molecule has 6 nitrogen and oxygen atoms in total. The molecule has 2 aromatic rings. The molecule has 2 aromatic carbocycles. The number of piperidine rings is 1. The van der Waals surface area contributed by atoms with Crippen LogP contribution in [0.25, 0.3) is 0 Å². The van der Waals surface area contributed by atoms with Crippen molar-refractivity contribution in [1.82, 2.24) is 9.80 Å². The van der Waals surface area contributed by atoms with Crippen molar-refractivity contribution in [1.29, 1.82) is 0 Å². The highest BCUT2D eigenvalue weighted by Gasteiger charge is 2.24. The summed E-state index contributed by atoms with van der Waals surface area (Å²) in [6, 6.07) is 13.7. The summed E-state index contributed by atoms with van der Waals surface area (Å²) in [5, 5.41) is 2.99. The van der Waals surface area contributed by atoms with Gasteiger partial charge in [-0.25, -0.2) is 9.18 Å². The van der Waals surface area contributed by atoms with Crippen LogP contribution in [-0.4, -0.2) is 41.4 Å². The Morgan fingerprint density at radius 3 is 2.77 bits per heavy atom. The molecule has 1 saturated heterocycles. The molecule has 1 heterocycles. The zero-order chi connectivity index (χ0) is 21.5. The molecule has 0 saturated carbocycles. The van der Waals surface area contributed by atoms with Crippen LogP contribution in [0.15, 0.2) is 48.5 Å². The Morgan fingerprint density at radius 2 is 2.03 bits per heavy atom. The maximum Gasteiger partial charge on any atom is 0.322 e. The molecule has 0 bridgehead atoms. The van der Waals surface area contributed by atoms with Crippen LogP contribution in [0, 0.1) is 11.7 Å². The van der Waals surface area contributed by atoms with E-state index in [9.17, 15) is 14.0 Å². The first kappa shape index (κ1) is 21.8. The smallest absolute Gasteiger partial charge is 0.322 e. The van der Waals surface area contributed by atoms with Crippen molar-refractivity contribution in [3.63, 3.8) is 0 Å². The first-order chi connectivity index (χ1) is 14.5. The predicted octanol–water partition coefficient (Wildman–Crippen LogP) is 3.58. The second-order valence-corrected chi connectivity index (χ2v) is 7.71. The molecule has 160 valence electrons. The molecular weight excluding hydrogens is 383 g/mol. The number of amides is 3. The SMILES string of the molecule is CCN(Cc1cccc(F)c1)C(=O)Nc1ccccc1CN1CCCC(C(N)=O)C1. The molecule has 1 fully saturated rings. The van der Waals surface area contributed by atoms with Crippen molar-refractivity contribution in [2.24, 2.45) is 11.7 Å². The van der Waals surface area contributed by atoms with Crippen LogP contribution in [0.4, 0.5) is 14.9 Å². The molecule has 0 radical (unpaired) electrons. The van der Waals surface area contributed by atoms with Gasteiger partial charge in [-0.3, -0.25) is 9.69 Å². The lowest BCUT2D eigenvalue weighted by Gasteiger charge is -2.31. The molecule has 7 heteroatoms. The van der Waals surface area contributed by atoms with Crippen molar-refractivity contribution in [3.05, 3.63) is 65.5 Å². The molecule has 1 unspecified atom stereocenters. The number of nitrogens with one attached hydrogen (secondary N) is 1. The number of nitrogens with zero attached hydrogens (tertiary/aromatic N) is 2. The van der Waals surface area contributed by atoms with Crippen LogP contribution >= 0.6 is 0 Å². The monoisotopic (exact) mass is 412 g/mol. The number of halogens is 1. The largest absolute Gasteiger partial charge is 0.369 e. The van der Waals surface area contributed by atoms with Gasteiger partial charge in [-0.2, -0.15) is 0 Å². The normalized spacial score (nSPS) is 16.8. The Morgan fingerprint density at radius 1 is 1.23 bits per heavy atom. The van der Waals surface area contributed by atoms with Gasteiger partial charge < -0.3 is 16.0 Å². The minimum absolute atomic E-state index is 0.123. The van der Waals surface area contributed by atoms with Gasteiger partial charge in [-0.05, 0) is 55.6 Å². The topological polar surface area (TPSA) is 78.7 Å². The molecule has 1 atom stereocenters. The van der Waals surface area contributed by atoms with Crippen molar-refractivity contribution in [2.75, 3.05) is 25.0 Å². The number of carbonyl (C=O) groups excluding carboxylic acids is 2. The fourth-order valence-corrected chi connectivity index (χ4v) is 3.83. The minimum Gasteiger partial charge on any atom is -0.369 e. The van der Waals surface area contributed by atoms with Crippen LogP contribution in [0.1, 0.15) is 30.9 Å². The molecular formula is C23H29FN4O2. The second kappa shape index (κ2) is 10.2. The Kier molecular flexibility index (Phi) is 7.41. The van der Waals surface area contributed by atoms with Gasteiger partial charge in [-0.15, -0.1) is 0 Å². The number of nitrogens with two attached hydrogens (primary N) is 1. The molecule has 3 N–H and O–H groups in total. The highest BCUT2D eigenvalue weighted by molar-refractivity contribution is 5.90. The lowest BCUT2D eigenvalue weighted by molar-refractivity contribution is -0.123. The highest BCUT2D eigenvalue weighted by atomic mass is 19.1. The Hall–Kier alpha value is -2.93. The van der Waals surface area contributed by atoms with Gasteiger partial charge in [0.1, 0.15) is 5.82 Å². The lowest BCUT2D eigenvalue weighted by Crippen LogP contribution is -2.41. The first-order valence-corrected chi connectivity index (χ1v) is 10.4. The summed E-state index contributed by atoms with van der Waals surface area (Å²) >= 11 is 0. The molecule has 0 aliphatic carbocycles. The second-order valence-electron chi connectivity index (χ2n) is 7.71. The van der Waals surface area contributed by atoms with E-state index in [1.165, 1.54) is 12.1 Å². The summed E-state index contributed by atoms with van der Waals surface area (Å²) in [6.45, 7) is 4.88. The van der Waals surface area contributed by atoms with Gasteiger partial charge in [-0.1, -0.05) is 30.3 Å². The highest BCUT2D eigenvalue weighted by Crippen LogP contribution is 2.22. The minimum atomic E-state index is -0.315. The van der Waals surface area contributed by atoms with E-state index in [4.69, 9.17) is 5.73 Å². The number of hydrogen-bond donors (Lipinski definition) is 2. The van der Waals surface area contributed by atoms with E-state index in [0.717, 1.165) is 36.2 Å². The third kappa shape index (κ3) is 5.79. The molecule has 1 aliphatic rings. The molecule has 3 rings (SSSR count). The maximum atomic E-state index is 13.5. The Bertz CT molecular complexity index is 889. The number of primary amides is 1. The summed E-state index contributed by atoms with van der Waals surface area (Å²) < 4.78 is 13.5. The third-order valence-corrected chi connectivity index (χ3v) is 5.49. The molecule has 0 aromatic heterocycles. The van der Waals surface area contributed by atoms with Gasteiger partial charge >= 0.3 is 6.03 Å². The molecule has 0 spiro atoms. The van der Waals surface area contributed by atoms with E-state index in [2.05, 4.69) is 10.2 Å². The molecule has 1 aliphatic heterocycles. The summed E-state index contributed by atoms with van der Waals surface area (Å²) in [5.41, 5.74) is 7.95. The van der Waals surface area contributed by atoms with Gasteiger partial charge in [0.25, 0.3) is 0 Å². The van der Waals surface area contributed by atoms with Crippen LogP contribution in [0.3, 0.4) is 0 Å². The number of carbonyl (C=O) groups is 2. The van der Waals surface area contributed by atoms with Gasteiger partial charge in [0.15, 0.2) is 0 Å². The third-order valence-electron chi connectivity index (χ3n) is 5.49. The standard InChI is InChI=1S/C23H29FN4O2/c1-2-28(14-17-7-5-10-20(24)13-17)23(30)26-21-11-4-3-8-18(21)15-27-12-6-9-19(16-27)22(25)29/h3-5,7-8,10-11,13,19H,2,6,9,12,14-16H2,1H3,(H2,25,29)(H,26,30). The number of likely N-dealkylation sites (tertiary alicyclic amines) is 1. The number of hydrogen-bond acceptors (Lipinski definition) is 3. The fourth-order valence-electron chi connectivity index (χ4n) is 3.83. The van der Waals surface area contributed by atoms with Crippen LogP contribution in [0.2, 0.25) is 0 Å². The van der Waals surface area contributed by atoms with E-state index in [1.54, 1.807) is 17.0 Å². The zero-order valence-corrected chi connectivity index (χ0v) is 17.3. The number of benzene rings is 2. The summed E-state index contributed by atoms with van der Waals surface area (Å²) in [6.07, 6.45) is 1.76. The Balaban J connectivity index is 1.67. The van der Waals surface area contributed by atoms with Crippen LogP contribution < -0.4 is 11.1 Å². The number of urea groups is 1. The van der Waals surface area contributed by atoms with Crippen molar-refractivity contribution < 1.29 is 14.0 Å². The zero-order valence-electron chi connectivity index (χ0n) is 17.3. The average Bonchev–Trinajstić information content (AvgIpc) is 2.73. The van der Waals surface area contributed by atoms with E-state index in [0.29, 0.717) is 26.2 Å². The molecule has 30 heavy (non-hydrogen) atoms. The first-order valence-electron chi connectivity index (χ1n) is 10.4. The van der Waals surface area contributed by atoms with E-state index in [1.807, 2.05) is 31.2 Å². The summed E-state index contributed by atoms with van der Waals surface area (Å²) in [7, 11) is 0. The van der Waals surface area contributed by atoms with E-state index >= 15 is 0 Å². The maximum absolute atomic E-state index is 13.5. The predicted molar refractivity (Wildman–Crippen MR) is 115 cm³/mol. The summed E-state index contributed by atoms with van der Waals surface area (Å²) in [4.78, 5) is 28.3. The number of anilines is 1. The van der Waals surface area contributed by atoms with Crippen molar-refractivity contribution in [2.45, 2.75) is 32.9 Å². The Labute approximate surface area is 176 Å². The fraction of sp³-hybridized carbons (Fsp3) is 0.391. The molecule has 3 amide bonds. The van der Waals surface area contributed by atoms with Gasteiger partial charge in [0.05, 0.1) is 5.92 Å². The quantitative estimate of drug-likeness (QED) is 0.730. The van der Waals surface area contributed by atoms with E-state index < -0.39 is 0 Å².